The van der Waals surface area contributed by atoms with Crippen LogP contribution in [0.3, 0.4) is 0 Å². The maximum absolute atomic E-state index is 3.64. The summed E-state index contributed by atoms with van der Waals surface area (Å²) in [5.74, 6) is 0.824. The summed E-state index contributed by atoms with van der Waals surface area (Å²) >= 11 is 0. The summed E-state index contributed by atoms with van der Waals surface area (Å²) in [6.07, 6.45) is 2.73. The van der Waals surface area contributed by atoms with Gasteiger partial charge in [-0.3, -0.25) is 0 Å². The molecule has 0 radical (unpaired) electrons. The van der Waals surface area contributed by atoms with Gasteiger partial charge in [-0.2, -0.15) is 0 Å². The van der Waals surface area contributed by atoms with Gasteiger partial charge in [-0.1, -0.05) is 54.6 Å². The van der Waals surface area contributed by atoms with E-state index in [1.807, 2.05) is 0 Å². The molecule has 1 nitrogen and oxygen atoms in total. The summed E-state index contributed by atoms with van der Waals surface area (Å²) in [5.41, 5.74) is 4.37. The van der Waals surface area contributed by atoms with Gasteiger partial charge in [0, 0.05) is 12.6 Å². The third-order valence-corrected chi connectivity index (χ3v) is 3.97. The van der Waals surface area contributed by atoms with Crippen LogP contribution in [0.1, 0.15) is 48.4 Å². The summed E-state index contributed by atoms with van der Waals surface area (Å²) in [6.45, 7) is 3.19. The molecule has 0 saturated heterocycles. The van der Waals surface area contributed by atoms with E-state index in [9.17, 15) is 0 Å². The quantitative estimate of drug-likeness (QED) is 0.829. The largest absolute Gasteiger partial charge is 0.306 e. The number of hydrogen-bond donors (Lipinski definition) is 1. The van der Waals surface area contributed by atoms with Crippen LogP contribution >= 0.6 is 0 Å². The molecule has 0 spiro atoms. The smallest absolute Gasteiger partial charge is 0.0294 e. The molecular formula is C18H21N. The molecule has 0 heterocycles. The Hall–Kier alpha value is -1.60. The average molecular weight is 251 g/mol. The van der Waals surface area contributed by atoms with Gasteiger partial charge in [0.1, 0.15) is 0 Å². The van der Waals surface area contributed by atoms with E-state index in [0.29, 0.717) is 6.04 Å². The summed E-state index contributed by atoms with van der Waals surface area (Å²) in [5, 5.41) is 3.64. The molecule has 2 aromatic rings. The number of rotatable bonds is 5. The van der Waals surface area contributed by atoms with Crippen molar-refractivity contribution < 1.29 is 0 Å². The van der Waals surface area contributed by atoms with Crippen molar-refractivity contribution in [2.75, 3.05) is 0 Å². The van der Waals surface area contributed by atoms with Crippen LogP contribution in [0.5, 0.6) is 0 Å². The zero-order valence-electron chi connectivity index (χ0n) is 11.5. The van der Waals surface area contributed by atoms with Crippen molar-refractivity contribution in [1.82, 2.24) is 5.32 Å². The summed E-state index contributed by atoms with van der Waals surface area (Å²) in [4.78, 5) is 0. The van der Waals surface area contributed by atoms with Gasteiger partial charge in [0.05, 0.1) is 0 Å². The van der Waals surface area contributed by atoms with E-state index < -0.39 is 0 Å². The highest BCUT2D eigenvalue weighted by atomic mass is 14.9. The highest BCUT2D eigenvalue weighted by Gasteiger charge is 2.25. The van der Waals surface area contributed by atoms with Crippen LogP contribution in [0, 0.1) is 0 Å². The molecule has 19 heavy (non-hydrogen) atoms. The first-order chi connectivity index (χ1) is 9.34. The molecule has 0 bridgehead atoms. The maximum Gasteiger partial charge on any atom is 0.0294 e. The Morgan fingerprint density at radius 1 is 1.00 bits per heavy atom. The van der Waals surface area contributed by atoms with Crippen LogP contribution < -0.4 is 5.32 Å². The first kappa shape index (κ1) is 12.4. The average Bonchev–Trinajstić information content (AvgIpc) is 3.30. The van der Waals surface area contributed by atoms with Gasteiger partial charge in [-0.05, 0) is 42.4 Å². The minimum absolute atomic E-state index is 0.397. The lowest BCUT2D eigenvalue weighted by molar-refractivity contribution is 0.572. The molecule has 1 aliphatic rings. The van der Waals surface area contributed by atoms with E-state index in [0.717, 1.165) is 12.5 Å². The molecule has 2 aromatic carbocycles. The Morgan fingerprint density at radius 3 is 2.42 bits per heavy atom. The minimum Gasteiger partial charge on any atom is -0.306 e. The summed E-state index contributed by atoms with van der Waals surface area (Å²) in [6, 6.07) is 19.9. The van der Waals surface area contributed by atoms with E-state index in [1.54, 1.807) is 5.56 Å². The number of hydrogen-bond acceptors (Lipinski definition) is 1. The molecule has 1 aliphatic carbocycles. The molecule has 0 aromatic heterocycles. The first-order valence-corrected chi connectivity index (χ1v) is 7.21. The summed E-state index contributed by atoms with van der Waals surface area (Å²) in [7, 11) is 0. The highest BCUT2D eigenvalue weighted by Crippen LogP contribution is 2.41. The first-order valence-electron chi connectivity index (χ1n) is 7.21. The second kappa shape index (κ2) is 5.58. The van der Waals surface area contributed by atoms with Gasteiger partial charge in [-0.25, -0.2) is 0 Å². The zero-order valence-corrected chi connectivity index (χ0v) is 11.5. The lowest BCUT2D eigenvalue weighted by Crippen LogP contribution is -2.18. The molecule has 0 aliphatic heterocycles. The molecule has 1 fully saturated rings. The van der Waals surface area contributed by atoms with Crippen molar-refractivity contribution in [3.8, 4) is 0 Å². The topological polar surface area (TPSA) is 12.0 Å². The molecule has 0 amide bonds. The van der Waals surface area contributed by atoms with Gasteiger partial charge in [0.25, 0.3) is 0 Å². The summed E-state index contributed by atoms with van der Waals surface area (Å²) < 4.78 is 0. The van der Waals surface area contributed by atoms with E-state index in [1.165, 1.54) is 24.0 Å². The van der Waals surface area contributed by atoms with Crippen molar-refractivity contribution in [2.24, 2.45) is 0 Å². The van der Waals surface area contributed by atoms with Gasteiger partial charge in [0.15, 0.2) is 0 Å². The third kappa shape index (κ3) is 3.05. The Morgan fingerprint density at radius 2 is 1.68 bits per heavy atom. The van der Waals surface area contributed by atoms with Crippen molar-refractivity contribution in [1.29, 1.82) is 0 Å². The normalized spacial score (nSPS) is 16.3. The van der Waals surface area contributed by atoms with Crippen molar-refractivity contribution in [2.45, 2.75) is 38.3 Å². The van der Waals surface area contributed by atoms with Gasteiger partial charge in [-0.15, -0.1) is 0 Å². The number of nitrogens with one attached hydrogen (secondary N) is 1. The minimum atomic E-state index is 0.397. The van der Waals surface area contributed by atoms with Gasteiger partial charge < -0.3 is 5.32 Å². The van der Waals surface area contributed by atoms with Crippen LogP contribution in [-0.2, 0) is 6.54 Å². The molecular weight excluding hydrogens is 230 g/mol. The fourth-order valence-corrected chi connectivity index (χ4v) is 2.61. The van der Waals surface area contributed by atoms with Gasteiger partial charge in [0.2, 0.25) is 0 Å². The maximum atomic E-state index is 3.64. The monoisotopic (exact) mass is 251 g/mol. The second-order valence-corrected chi connectivity index (χ2v) is 5.49. The highest BCUT2D eigenvalue weighted by molar-refractivity contribution is 5.33. The van der Waals surface area contributed by atoms with Crippen molar-refractivity contribution in [3.05, 3.63) is 71.3 Å². The van der Waals surface area contributed by atoms with Crippen LogP contribution in [-0.4, -0.2) is 0 Å². The molecule has 1 heteroatoms. The SMILES string of the molecule is CC(NCc1ccccc1C1CC1)c1ccccc1. The molecule has 1 N–H and O–H groups in total. The fraction of sp³-hybridized carbons (Fsp3) is 0.333. The molecule has 1 unspecified atom stereocenters. The molecule has 1 saturated carbocycles. The Bertz CT molecular complexity index is 528. The van der Waals surface area contributed by atoms with E-state index in [-0.39, 0.29) is 0 Å². The second-order valence-electron chi connectivity index (χ2n) is 5.49. The van der Waals surface area contributed by atoms with Crippen LogP contribution in [0.4, 0.5) is 0 Å². The van der Waals surface area contributed by atoms with E-state index in [2.05, 4.69) is 66.8 Å². The number of benzene rings is 2. The van der Waals surface area contributed by atoms with E-state index >= 15 is 0 Å². The predicted molar refractivity (Wildman–Crippen MR) is 80.1 cm³/mol. The fourth-order valence-electron chi connectivity index (χ4n) is 2.61. The Labute approximate surface area is 115 Å². The van der Waals surface area contributed by atoms with Crippen LogP contribution in [0.15, 0.2) is 54.6 Å². The lowest BCUT2D eigenvalue weighted by Gasteiger charge is -2.16. The predicted octanol–water partition coefficient (Wildman–Crippen LogP) is 4.41. The third-order valence-electron chi connectivity index (χ3n) is 3.97. The molecule has 98 valence electrons. The van der Waals surface area contributed by atoms with Crippen molar-refractivity contribution in [3.63, 3.8) is 0 Å². The van der Waals surface area contributed by atoms with Gasteiger partial charge >= 0.3 is 0 Å². The lowest BCUT2D eigenvalue weighted by atomic mass is 10.0. The Balaban J connectivity index is 1.66. The van der Waals surface area contributed by atoms with E-state index in [4.69, 9.17) is 0 Å². The molecule has 3 rings (SSSR count). The van der Waals surface area contributed by atoms with Crippen molar-refractivity contribution >= 4 is 0 Å². The zero-order chi connectivity index (χ0) is 13.1. The van der Waals surface area contributed by atoms with Crippen LogP contribution in [0.25, 0.3) is 0 Å². The Kier molecular flexibility index (Phi) is 3.65. The van der Waals surface area contributed by atoms with Crippen LogP contribution in [0.2, 0.25) is 0 Å². The standard InChI is InChI=1S/C18H21N/c1-14(15-7-3-2-4-8-15)19-13-17-9-5-6-10-18(17)16-11-12-16/h2-10,14,16,19H,11-13H2,1H3. The molecule has 1 atom stereocenters.